The molecule has 0 spiro atoms. The van der Waals surface area contributed by atoms with Crippen LogP contribution in [0.25, 0.3) is 11.1 Å². The molecule has 2 aromatic rings. The Hall–Kier alpha value is -2.09. The van der Waals surface area contributed by atoms with Crippen molar-refractivity contribution in [3.63, 3.8) is 0 Å². The summed E-state index contributed by atoms with van der Waals surface area (Å²) in [5.74, 6) is 0.699. The number of benzene rings is 2. The first kappa shape index (κ1) is 12.4. The molecule has 0 radical (unpaired) electrons. The lowest BCUT2D eigenvalue weighted by atomic mass is 9.97. The Morgan fingerprint density at radius 1 is 1.00 bits per heavy atom. The van der Waals surface area contributed by atoms with Crippen LogP contribution in [0.5, 0.6) is 5.75 Å². The minimum atomic E-state index is 0.652. The van der Waals surface area contributed by atoms with E-state index in [9.17, 15) is 4.79 Å². The van der Waals surface area contributed by atoms with Crippen LogP contribution < -0.4 is 4.74 Å². The Labute approximate surface area is 107 Å². The Morgan fingerprint density at radius 3 is 2.22 bits per heavy atom. The predicted molar refractivity (Wildman–Crippen MR) is 73.3 cm³/mol. The van der Waals surface area contributed by atoms with Gasteiger partial charge in [0.05, 0.1) is 7.11 Å². The molecular weight excluding hydrogens is 224 g/mol. The first-order chi connectivity index (χ1) is 8.63. The smallest absolute Gasteiger partial charge is 0.150 e. The van der Waals surface area contributed by atoms with Gasteiger partial charge in [0, 0.05) is 5.56 Å². The van der Waals surface area contributed by atoms with Gasteiger partial charge in [-0.25, -0.2) is 0 Å². The van der Waals surface area contributed by atoms with E-state index in [4.69, 9.17) is 4.74 Å². The summed E-state index contributed by atoms with van der Waals surface area (Å²) >= 11 is 0. The van der Waals surface area contributed by atoms with Gasteiger partial charge in [0.25, 0.3) is 0 Å². The fraction of sp³-hybridized carbons (Fsp3) is 0.188. The molecule has 2 nitrogen and oxygen atoms in total. The van der Waals surface area contributed by atoms with E-state index < -0.39 is 0 Å². The average molecular weight is 240 g/mol. The Kier molecular flexibility index (Phi) is 3.47. The molecule has 0 saturated carbocycles. The summed E-state index contributed by atoms with van der Waals surface area (Å²) in [6, 6.07) is 11.9. The summed E-state index contributed by atoms with van der Waals surface area (Å²) in [5.41, 5.74) is 5.05. The molecule has 0 heterocycles. The largest absolute Gasteiger partial charge is 0.497 e. The summed E-state index contributed by atoms with van der Waals surface area (Å²) in [6.07, 6.45) is 0.871. The van der Waals surface area contributed by atoms with Crippen LogP contribution in [-0.2, 0) is 0 Å². The van der Waals surface area contributed by atoms with Gasteiger partial charge in [-0.15, -0.1) is 0 Å². The lowest BCUT2D eigenvalue weighted by Crippen LogP contribution is -1.91. The number of ether oxygens (including phenoxy) is 1. The molecule has 0 saturated heterocycles. The van der Waals surface area contributed by atoms with Gasteiger partial charge in [0.1, 0.15) is 5.75 Å². The highest BCUT2D eigenvalue weighted by Gasteiger charge is 2.07. The number of hydrogen-bond donors (Lipinski definition) is 0. The fourth-order valence-electron chi connectivity index (χ4n) is 2.16. The van der Waals surface area contributed by atoms with E-state index >= 15 is 0 Å². The lowest BCUT2D eigenvalue weighted by molar-refractivity contribution is 0.112. The monoisotopic (exact) mass is 240 g/mol. The van der Waals surface area contributed by atoms with E-state index in [0.717, 1.165) is 17.4 Å². The van der Waals surface area contributed by atoms with Crippen LogP contribution in [0.3, 0.4) is 0 Å². The second kappa shape index (κ2) is 5.05. The van der Waals surface area contributed by atoms with E-state index in [1.807, 2.05) is 12.1 Å². The SMILES string of the molecule is COc1ccc(-c2cc(C)cc(C)c2)c(C=O)c1. The molecule has 0 bridgehead atoms. The Morgan fingerprint density at radius 2 is 1.67 bits per heavy atom. The summed E-state index contributed by atoms with van der Waals surface area (Å²) in [6.45, 7) is 4.11. The fourth-order valence-corrected chi connectivity index (χ4v) is 2.16. The van der Waals surface area contributed by atoms with E-state index in [2.05, 4.69) is 32.0 Å². The Bertz CT molecular complexity index is 565. The lowest BCUT2D eigenvalue weighted by Gasteiger charge is -2.09. The highest BCUT2D eigenvalue weighted by Crippen LogP contribution is 2.27. The van der Waals surface area contributed by atoms with Crippen LogP contribution in [-0.4, -0.2) is 13.4 Å². The molecule has 0 aliphatic rings. The summed E-state index contributed by atoms with van der Waals surface area (Å²) in [5, 5.41) is 0. The number of methoxy groups -OCH3 is 1. The second-order valence-corrected chi connectivity index (χ2v) is 4.45. The molecule has 0 aromatic heterocycles. The van der Waals surface area contributed by atoms with Gasteiger partial charge in [0.15, 0.2) is 6.29 Å². The van der Waals surface area contributed by atoms with E-state index in [1.54, 1.807) is 13.2 Å². The van der Waals surface area contributed by atoms with E-state index in [-0.39, 0.29) is 0 Å². The molecule has 2 heteroatoms. The molecule has 0 aliphatic heterocycles. The molecule has 0 N–H and O–H groups in total. The van der Waals surface area contributed by atoms with Crippen molar-refractivity contribution in [3.8, 4) is 16.9 Å². The number of rotatable bonds is 3. The van der Waals surface area contributed by atoms with Crippen LogP contribution >= 0.6 is 0 Å². The number of carbonyl (C=O) groups is 1. The maximum absolute atomic E-state index is 11.2. The van der Waals surface area contributed by atoms with Crippen LogP contribution in [0.1, 0.15) is 21.5 Å². The molecule has 0 unspecified atom stereocenters. The quantitative estimate of drug-likeness (QED) is 0.763. The summed E-state index contributed by atoms with van der Waals surface area (Å²) in [4.78, 5) is 11.2. The van der Waals surface area contributed by atoms with Gasteiger partial charge in [0.2, 0.25) is 0 Å². The van der Waals surface area contributed by atoms with Crippen molar-refractivity contribution in [1.29, 1.82) is 0 Å². The zero-order valence-corrected chi connectivity index (χ0v) is 10.9. The molecule has 0 amide bonds. The average Bonchev–Trinajstić information content (AvgIpc) is 2.36. The molecule has 92 valence electrons. The normalized spacial score (nSPS) is 10.2. The minimum Gasteiger partial charge on any atom is -0.497 e. The number of aldehydes is 1. The standard InChI is InChI=1S/C16H16O2/c1-11-6-12(2)8-13(7-11)16-5-4-15(18-3)9-14(16)10-17/h4-10H,1-3H3. The van der Waals surface area contributed by atoms with Gasteiger partial charge in [-0.2, -0.15) is 0 Å². The summed E-state index contributed by atoms with van der Waals surface area (Å²) in [7, 11) is 1.60. The highest BCUT2D eigenvalue weighted by molar-refractivity contribution is 5.88. The van der Waals surface area contributed by atoms with Gasteiger partial charge in [-0.05, 0) is 43.2 Å². The van der Waals surface area contributed by atoms with Gasteiger partial charge in [-0.3, -0.25) is 4.79 Å². The van der Waals surface area contributed by atoms with Crippen molar-refractivity contribution >= 4 is 6.29 Å². The van der Waals surface area contributed by atoms with E-state index in [1.165, 1.54) is 11.1 Å². The van der Waals surface area contributed by atoms with E-state index in [0.29, 0.717) is 11.3 Å². The van der Waals surface area contributed by atoms with Crippen LogP contribution in [0.15, 0.2) is 36.4 Å². The van der Waals surface area contributed by atoms with Gasteiger partial charge < -0.3 is 4.74 Å². The maximum atomic E-state index is 11.2. The minimum absolute atomic E-state index is 0.652. The molecule has 2 rings (SSSR count). The van der Waals surface area contributed by atoms with Crippen molar-refractivity contribution < 1.29 is 9.53 Å². The van der Waals surface area contributed by atoms with Crippen molar-refractivity contribution in [2.75, 3.05) is 7.11 Å². The predicted octanol–water partition coefficient (Wildman–Crippen LogP) is 3.79. The van der Waals surface area contributed by atoms with Crippen LogP contribution in [0.2, 0.25) is 0 Å². The zero-order valence-electron chi connectivity index (χ0n) is 10.9. The molecule has 18 heavy (non-hydrogen) atoms. The van der Waals surface area contributed by atoms with Crippen molar-refractivity contribution in [2.24, 2.45) is 0 Å². The van der Waals surface area contributed by atoms with Crippen molar-refractivity contribution in [3.05, 3.63) is 53.1 Å². The molecule has 0 atom stereocenters. The molecule has 2 aromatic carbocycles. The van der Waals surface area contributed by atoms with Crippen molar-refractivity contribution in [2.45, 2.75) is 13.8 Å². The molecule has 0 fully saturated rings. The highest BCUT2D eigenvalue weighted by atomic mass is 16.5. The number of hydrogen-bond acceptors (Lipinski definition) is 2. The number of carbonyl (C=O) groups excluding carboxylic acids is 1. The maximum Gasteiger partial charge on any atom is 0.150 e. The van der Waals surface area contributed by atoms with Gasteiger partial charge >= 0.3 is 0 Å². The third kappa shape index (κ3) is 2.43. The molecular formula is C16H16O2. The summed E-state index contributed by atoms with van der Waals surface area (Å²) < 4.78 is 5.14. The third-order valence-electron chi connectivity index (χ3n) is 2.92. The van der Waals surface area contributed by atoms with Gasteiger partial charge in [-0.1, -0.05) is 29.3 Å². The van der Waals surface area contributed by atoms with Crippen LogP contribution in [0.4, 0.5) is 0 Å². The van der Waals surface area contributed by atoms with Crippen LogP contribution in [0, 0.1) is 13.8 Å². The second-order valence-electron chi connectivity index (χ2n) is 4.45. The zero-order chi connectivity index (χ0) is 13.1. The van der Waals surface area contributed by atoms with Crippen molar-refractivity contribution in [1.82, 2.24) is 0 Å². The Balaban J connectivity index is 2.59. The number of aryl methyl sites for hydroxylation is 2. The third-order valence-corrected chi connectivity index (χ3v) is 2.92. The first-order valence-corrected chi connectivity index (χ1v) is 5.86. The topological polar surface area (TPSA) is 26.3 Å². The first-order valence-electron chi connectivity index (χ1n) is 5.86. The molecule has 0 aliphatic carbocycles.